The minimum absolute atomic E-state index is 0.145. The van der Waals surface area contributed by atoms with Gasteiger partial charge in [0.2, 0.25) is 0 Å². The summed E-state index contributed by atoms with van der Waals surface area (Å²) in [6.07, 6.45) is 6.88. The number of hydrogen-bond acceptors (Lipinski definition) is 7. The van der Waals surface area contributed by atoms with Gasteiger partial charge in [0.05, 0.1) is 12.6 Å². The van der Waals surface area contributed by atoms with Gasteiger partial charge in [0.25, 0.3) is 0 Å². The van der Waals surface area contributed by atoms with Crippen LogP contribution in [0.3, 0.4) is 0 Å². The highest BCUT2D eigenvalue weighted by Crippen LogP contribution is 2.22. The van der Waals surface area contributed by atoms with E-state index in [9.17, 15) is 0 Å². The van der Waals surface area contributed by atoms with E-state index in [1.165, 1.54) is 6.42 Å². The number of anilines is 1. The Morgan fingerprint density at radius 2 is 2.26 bits per heavy atom. The van der Waals surface area contributed by atoms with Crippen LogP contribution in [0.4, 0.5) is 5.82 Å². The predicted octanol–water partition coefficient (Wildman–Crippen LogP) is 1.43. The smallest absolute Gasteiger partial charge is 0.184 e. The summed E-state index contributed by atoms with van der Waals surface area (Å²) in [5.74, 6) is 0.848. The summed E-state index contributed by atoms with van der Waals surface area (Å²) < 4.78 is 7.53. The van der Waals surface area contributed by atoms with Crippen LogP contribution < -0.4 is 5.73 Å². The van der Waals surface area contributed by atoms with E-state index >= 15 is 0 Å². The van der Waals surface area contributed by atoms with Gasteiger partial charge in [-0.3, -0.25) is 4.98 Å². The van der Waals surface area contributed by atoms with Crippen molar-refractivity contribution in [3.05, 3.63) is 24.5 Å². The van der Waals surface area contributed by atoms with E-state index in [2.05, 4.69) is 25.3 Å². The second-order valence-electron chi connectivity index (χ2n) is 5.61. The molecule has 8 nitrogen and oxygen atoms in total. The molecule has 0 spiro atoms. The molecule has 0 amide bonds. The molecular weight excluding hydrogens is 294 g/mol. The second kappa shape index (κ2) is 5.88. The third-order valence-corrected chi connectivity index (χ3v) is 3.96. The number of fused-ring (bicyclic) bond motifs is 1. The van der Waals surface area contributed by atoms with Crippen molar-refractivity contribution in [2.75, 3.05) is 12.3 Å². The van der Waals surface area contributed by atoms with E-state index in [0.717, 1.165) is 25.0 Å². The van der Waals surface area contributed by atoms with E-state index in [0.29, 0.717) is 29.4 Å². The zero-order valence-corrected chi connectivity index (χ0v) is 12.6. The highest BCUT2D eigenvalue weighted by atomic mass is 16.5. The molecule has 1 unspecified atom stereocenters. The molecule has 1 saturated heterocycles. The summed E-state index contributed by atoms with van der Waals surface area (Å²) in [7, 11) is 0. The molecule has 4 rings (SSSR count). The van der Waals surface area contributed by atoms with Crippen molar-refractivity contribution in [3.63, 3.8) is 0 Å². The Labute approximate surface area is 132 Å². The van der Waals surface area contributed by atoms with Crippen molar-refractivity contribution in [2.45, 2.75) is 31.9 Å². The second-order valence-corrected chi connectivity index (χ2v) is 5.61. The van der Waals surface area contributed by atoms with Crippen LogP contribution >= 0.6 is 0 Å². The molecule has 2 N–H and O–H groups in total. The molecule has 1 fully saturated rings. The van der Waals surface area contributed by atoms with Gasteiger partial charge in [0.1, 0.15) is 0 Å². The Hall–Kier alpha value is -2.61. The van der Waals surface area contributed by atoms with Gasteiger partial charge < -0.3 is 10.5 Å². The first-order valence-electron chi connectivity index (χ1n) is 7.70. The highest BCUT2D eigenvalue weighted by Gasteiger charge is 2.19. The maximum absolute atomic E-state index is 6.02. The average molecular weight is 311 g/mol. The van der Waals surface area contributed by atoms with Crippen LogP contribution in [0.15, 0.2) is 24.5 Å². The molecule has 1 aliphatic rings. The third kappa shape index (κ3) is 2.72. The summed E-state index contributed by atoms with van der Waals surface area (Å²) >= 11 is 0. The normalized spacial score (nSPS) is 18.3. The lowest BCUT2D eigenvalue weighted by Crippen LogP contribution is -2.25. The first-order valence-corrected chi connectivity index (χ1v) is 7.70. The van der Waals surface area contributed by atoms with Crippen LogP contribution in [0.5, 0.6) is 0 Å². The van der Waals surface area contributed by atoms with E-state index in [-0.39, 0.29) is 6.10 Å². The van der Waals surface area contributed by atoms with Gasteiger partial charge in [-0.15, -0.1) is 5.10 Å². The van der Waals surface area contributed by atoms with Gasteiger partial charge in [-0.1, -0.05) is 5.21 Å². The molecule has 3 aromatic rings. The van der Waals surface area contributed by atoms with Crippen LogP contribution in [-0.2, 0) is 11.3 Å². The maximum Gasteiger partial charge on any atom is 0.184 e. The summed E-state index contributed by atoms with van der Waals surface area (Å²) in [4.78, 5) is 13.0. The molecule has 3 aromatic heterocycles. The Morgan fingerprint density at radius 1 is 1.30 bits per heavy atom. The lowest BCUT2D eigenvalue weighted by molar-refractivity contribution is 0.00434. The molecule has 1 atom stereocenters. The number of hydrogen-bond donors (Lipinski definition) is 1. The highest BCUT2D eigenvalue weighted by molar-refractivity contribution is 5.82. The fourth-order valence-corrected chi connectivity index (χ4v) is 2.77. The third-order valence-electron chi connectivity index (χ3n) is 3.96. The molecular formula is C15H17N7O. The van der Waals surface area contributed by atoms with Gasteiger partial charge >= 0.3 is 0 Å². The number of ether oxygens (including phenoxy) is 1. The molecule has 1 aliphatic heterocycles. The quantitative estimate of drug-likeness (QED) is 0.780. The number of nitrogens with two attached hydrogens (primary N) is 1. The van der Waals surface area contributed by atoms with Gasteiger partial charge in [-0.2, -0.15) is 0 Å². The molecule has 0 radical (unpaired) electrons. The lowest BCUT2D eigenvalue weighted by atomic mass is 10.1. The lowest BCUT2D eigenvalue weighted by Gasteiger charge is -2.22. The number of pyridine rings is 1. The topological polar surface area (TPSA) is 105 Å². The first-order chi connectivity index (χ1) is 11.3. The minimum Gasteiger partial charge on any atom is -0.382 e. The summed E-state index contributed by atoms with van der Waals surface area (Å²) in [5.41, 5.74) is 7.98. The number of aromatic nitrogens is 6. The number of nitrogen functional groups attached to an aromatic ring is 1. The molecule has 0 aromatic carbocycles. The monoisotopic (exact) mass is 311 g/mol. The molecule has 4 heterocycles. The molecule has 0 aliphatic carbocycles. The van der Waals surface area contributed by atoms with Crippen LogP contribution in [0.25, 0.3) is 22.6 Å². The largest absolute Gasteiger partial charge is 0.382 e. The van der Waals surface area contributed by atoms with E-state index in [1.807, 2.05) is 12.1 Å². The van der Waals surface area contributed by atoms with Crippen molar-refractivity contribution in [3.8, 4) is 11.4 Å². The fraction of sp³-hybridized carbons (Fsp3) is 0.400. The predicted molar refractivity (Wildman–Crippen MR) is 84.4 cm³/mol. The van der Waals surface area contributed by atoms with Crippen molar-refractivity contribution < 1.29 is 4.74 Å². The fourth-order valence-electron chi connectivity index (χ4n) is 2.77. The van der Waals surface area contributed by atoms with Crippen molar-refractivity contribution >= 4 is 17.0 Å². The van der Waals surface area contributed by atoms with Crippen molar-refractivity contribution in [2.24, 2.45) is 0 Å². The summed E-state index contributed by atoms with van der Waals surface area (Å²) in [6, 6.07) is 3.73. The van der Waals surface area contributed by atoms with E-state index < -0.39 is 0 Å². The van der Waals surface area contributed by atoms with Gasteiger partial charge in [0, 0.05) is 24.6 Å². The van der Waals surface area contributed by atoms with E-state index in [1.54, 1.807) is 17.1 Å². The van der Waals surface area contributed by atoms with Crippen LogP contribution in [0.2, 0.25) is 0 Å². The molecule has 23 heavy (non-hydrogen) atoms. The summed E-state index contributed by atoms with van der Waals surface area (Å²) in [5, 5.41) is 8.28. The van der Waals surface area contributed by atoms with Gasteiger partial charge in [-0.05, 0) is 31.4 Å². The first kappa shape index (κ1) is 14.0. The Morgan fingerprint density at radius 3 is 3.04 bits per heavy atom. The standard InChI is InChI=1S/C15H17N7O/c16-13-12-15(19-14(18-13)10-4-3-6-17-8-10)22(21-20-12)9-11-5-1-2-7-23-11/h3-4,6,8,11H,1-2,5,7,9H2,(H2,16,18,19). The Bertz CT molecular complexity index is 811. The van der Waals surface area contributed by atoms with Crippen LogP contribution in [-0.4, -0.2) is 42.7 Å². The van der Waals surface area contributed by atoms with Gasteiger partial charge in [-0.25, -0.2) is 14.6 Å². The zero-order valence-electron chi connectivity index (χ0n) is 12.6. The van der Waals surface area contributed by atoms with Gasteiger partial charge in [0.15, 0.2) is 22.8 Å². The SMILES string of the molecule is Nc1nc(-c2cccnc2)nc2c1nnn2CC1CCCCO1. The zero-order chi connectivity index (χ0) is 15.6. The minimum atomic E-state index is 0.145. The molecule has 0 saturated carbocycles. The maximum atomic E-state index is 6.02. The number of rotatable bonds is 3. The average Bonchev–Trinajstić information content (AvgIpc) is 3.00. The van der Waals surface area contributed by atoms with E-state index in [4.69, 9.17) is 10.5 Å². The van der Waals surface area contributed by atoms with Crippen molar-refractivity contribution in [1.29, 1.82) is 0 Å². The molecule has 118 valence electrons. The van der Waals surface area contributed by atoms with Crippen molar-refractivity contribution in [1.82, 2.24) is 29.9 Å². The Balaban J connectivity index is 1.73. The number of nitrogens with zero attached hydrogens (tertiary/aromatic N) is 6. The Kier molecular flexibility index (Phi) is 3.58. The molecule has 8 heteroatoms. The van der Waals surface area contributed by atoms with Crippen LogP contribution in [0, 0.1) is 0 Å². The summed E-state index contributed by atoms with van der Waals surface area (Å²) in [6.45, 7) is 1.43. The molecule has 0 bridgehead atoms. The van der Waals surface area contributed by atoms with Crippen LogP contribution in [0.1, 0.15) is 19.3 Å².